The van der Waals surface area contributed by atoms with Gasteiger partial charge in [-0.15, -0.1) is 0 Å². The van der Waals surface area contributed by atoms with E-state index in [1.54, 1.807) is 4.68 Å². The van der Waals surface area contributed by atoms with E-state index < -0.39 is 23.7 Å². The molecule has 3 amide bonds. The third-order valence-electron chi connectivity index (χ3n) is 6.22. The Kier molecular flexibility index (Phi) is 8.57. The van der Waals surface area contributed by atoms with Gasteiger partial charge < -0.3 is 15.5 Å². The van der Waals surface area contributed by atoms with Crippen molar-refractivity contribution in [3.05, 3.63) is 95.7 Å². The van der Waals surface area contributed by atoms with Gasteiger partial charge in [-0.1, -0.05) is 61.0 Å². The minimum atomic E-state index is -4.54. The summed E-state index contributed by atoms with van der Waals surface area (Å²) in [6, 6.07) is 20.9. The van der Waals surface area contributed by atoms with Crippen LogP contribution in [0.2, 0.25) is 0 Å². The normalized spacial score (nSPS) is 11.2. The number of urea groups is 1. The summed E-state index contributed by atoms with van der Waals surface area (Å²) in [5.74, 6) is -0.0228. The fraction of sp³-hybridized carbons (Fsp3) is 0.233. The molecule has 0 unspecified atom stereocenters. The second kappa shape index (κ2) is 12.1. The first-order chi connectivity index (χ1) is 19.1. The molecule has 0 aliphatic heterocycles. The average Bonchev–Trinajstić information content (AvgIpc) is 3.24. The summed E-state index contributed by atoms with van der Waals surface area (Å²) in [6.07, 6.45) is -4.00. The molecule has 1 heterocycles. The van der Waals surface area contributed by atoms with E-state index >= 15 is 0 Å². The van der Waals surface area contributed by atoms with Crippen LogP contribution < -0.4 is 10.6 Å². The summed E-state index contributed by atoms with van der Waals surface area (Å²) < 4.78 is 41.0. The van der Waals surface area contributed by atoms with Crippen molar-refractivity contribution in [2.75, 3.05) is 23.7 Å². The predicted molar refractivity (Wildman–Crippen MR) is 149 cm³/mol. The third-order valence-corrected chi connectivity index (χ3v) is 6.22. The van der Waals surface area contributed by atoms with Crippen LogP contribution >= 0.6 is 0 Å². The Hall–Kier alpha value is -4.60. The van der Waals surface area contributed by atoms with Crippen LogP contribution in [0.3, 0.4) is 0 Å². The zero-order valence-corrected chi connectivity index (χ0v) is 22.4. The Labute approximate surface area is 230 Å². The first kappa shape index (κ1) is 28.4. The lowest BCUT2D eigenvalue weighted by atomic mass is 10.1. The van der Waals surface area contributed by atoms with Gasteiger partial charge >= 0.3 is 12.2 Å². The largest absolute Gasteiger partial charge is 0.416 e. The van der Waals surface area contributed by atoms with E-state index in [-0.39, 0.29) is 18.8 Å². The lowest BCUT2D eigenvalue weighted by Gasteiger charge is -2.22. The number of rotatable bonds is 8. The molecule has 0 radical (unpaired) electrons. The average molecular weight is 550 g/mol. The van der Waals surface area contributed by atoms with E-state index in [1.807, 2.05) is 75.4 Å². The fourth-order valence-electron chi connectivity index (χ4n) is 4.31. The predicted octanol–water partition coefficient (Wildman–Crippen LogP) is 7.06. The number of halogens is 3. The highest BCUT2D eigenvalue weighted by Crippen LogP contribution is 2.34. The summed E-state index contributed by atoms with van der Waals surface area (Å²) in [7, 11) is 0. The van der Waals surface area contributed by atoms with Crippen LogP contribution in [0, 0.1) is 13.8 Å². The summed E-state index contributed by atoms with van der Waals surface area (Å²) in [5, 5.41) is 10.1. The number of nitrogens with one attached hydrogen (secondary N) is 2. The van der Waals surface area contributed by atoms with Gasteiger partial charge in [0.25, 0.3) is 0 Å². The molecule has 208 valence electrons. The summed E-state index contributed by atoms with van der Waals surface area (Å²) >= 11 is 0. The highest BCUT2D eigenvalue weighted by molar-refractivity contribution is 5.99. The number of hydrogen-bond donors (Lipinski definition) is 2. The van der Waals surface area contributed by atoms with Gasteiger partial charge in [0.15, 0.2) is 0 Å². The first-order valence-electron chi connectivity index (χ1n) is 12.8. The Morgan fingerprint density at radius 3 is 2.27 bits per heavy atom. The molecule has 0 atom stereocenters. The number of aryl methyl sites for hydroxylation is 2. The number of aromatic nitrogens is 2. The minimum Gasteiger partial charge on any atom is -0.315 e. The van der Waals surface area contributed by atoms with Gasteiger partial charge in [0, 0.05) is 17.8 Å². The molecule has 2 N–H and O–H groups in total. The Bertz CT molecular complexity index is 1480. The summed E-state index contributed by atoms with van der Waals surface area (Å²) in [6.45, 7) is 5.58. The molecule has 0 spiro atoms. The smallest absolute Gasteiger partial charge is 0.315 e. The molecule has 3 aromatic carbocycles. The highest BCUT2D eigenvalue weighted by Gasteiger charge is 2.30. The standard InChI is InChI=1S/C30H30F3N5O2/c1-4-17-37(29(40)34-24-12-8-11-23(18-24)30(31,32)33)19-26(39)35-28-27(22-9-6-5-7-10-22)21(3)36-38(28)25-15-13-20(2)14-16-25/h5-16,18H,4,17,19H2,1-3H3,(H,34,40)(H,35,39). The lowest BCUT2D eigenvalue weighted by molar-refractivity contribution is -0.137. The van der Waals surface area contributed by atoms with Crippen molar-refractivity contribution in [1.82, 2.24) is 14.7 Å². The number of carbonyl (C=O) groups is 2. The molecule has 0 aliphatic carbocycles. The molecule has 0 saturated carbocycles. The van der Waals surface area contributed by atoms with E-state index in [9.17, 15) is 22.8 Å². The van der Waals surface area contributed by atoms with Crippen molar-refractivity contribution in [1.29, 1.82) is 0 Å². The quantitative estimate of drug-likeness (QED) is 0.247. The Morgan fingerprint density at radius 1 is 0.925 bits per heavy atom. The van der Waals surface area contributed by atoms with Crippen molar-refractivity contribution in [2.45, 2.75) is 33.4 Å². The maximum absolute atomic E-state index is 13.3. The molecular weight excluding hydrogens is 519 g/mol. The highest BCUT2D eigenvalue weighted by atomic mass is 19.4. The van der Waals surface area contributed by atoms with Crippen molar-refractivity contribution in [2.24, 2.45) is 0 Å². The van der Waals surface area contributed by atoms with Gasteiger partial charge in [-0.25, -0.2) is 9.48 Å². The van der Waals surface area contributed by atoms with E-state index in [0.29, 0.717) is 17.9 Å². The number of nitrogens with zero attached hydrogens (tertiary/aromatic N) is 3. The maximum atomic E-state index is 13.3. The Balaban J connectivity index is 1.60. The van der Waals surface area contributed by atoms with Crippen LogP contribution in [0.15, 0.2) is 78.9 Å². The number of benzene rings is 3. The third kappa shape index (κ3) is 6.69. The molecule has 10 heteroatoms. The van der Waals surface area contributed by atoms with Crippen LogP contribution in [-0.4, -0.2) is 39.7 Å². The van der Waals surface area contributed by atoms with E-state index in [4.69, 9.17) is 5.10 Å². The monoisotopic (exact) mass is 549 g/mol. The van der Waals surface area contributed by atoms with Crippen LogP contribution in [0.4, 0.5) is 29.5 Å². The summed E-state index contributed by atoms with van der Waals surface area (Å²) in [4.78, 5) is 27.6. The van der Waals surface area contributed by atoms with Crippen molar-refractivity contribution < 1.29 is 22.8 Å². The SMILES string of the molecule is CCCN(CC(=O)Nc1c(-c2ccccc2)c(C)nn1-c1ccc(C)cc1)C(=O)Nc1cccc(C(F)(F)F)c1. The zero-order valence-electron chi connectivity index (χ0n) is 22.4. The van der Waals surface area contributed by atoms with E-state index in [1.165, 1.54) is 17.0 Å². The number of carbonyl (C=O) groups excluding carboxylic acids is 2. The molecule has 0 bridgehead atoms. The maximum Gasteiger partial charge on any atom is 0.416 e. The van der Waals surface area contributed by atoms with Crippen molar-refractivity contribution in [3.8, 4) is 16.8 Å². The molecular formula is C30H30F3N5O2. The number of hydrogen-bond acceptors (Lipinski definition) is 3. The van der Waals surface area contributed by atoms with Crippen LogP contribution in [0.5, 0.6) is 0 Å². The molecule has 0 aliphatic rings. The van der Waals surface area contributed by atoms with Gasteiger partial charge in [-0.2, -0.15) is 18.3 Å². The second-order valence-electron chi connectivity index (χ2n) is 9.40. The summed E-state index contributed by atoms with van der Waals surface area (Å²) in [5.41, 5.74) is 3.24. The molecule has 0 fully saturated rings. The van der Waals surface area contributed by atoms with Crippen LogP contribution in [0.25, 0.3) is 16.8 Å². The van der Waals surface area contributed by atoms with Crippen LogP contribution in [0.1, 0.15) is 30.2 Å². The molecule has 40 heavy (non-hydrogen) atoms. The molecule has 4 rings (SSSR count). The number of anilines is 2. The van der Waals surface area contributed by atoms with Crippen molar-refractivity contribution >= 4 is 23.4 Å². The van der Waals surface area contributed by atoms with Crippen LogP contribution in [-0.2, 0) is 11.0 Å². The van der Waals surface area contributed by atoms with Crippen molar-refractivity contribution in [3.63, 3.8) is 0 Å². The van der Waals surface area contributed by atoms with E-state index in [2.05, 4.69) is 10.6 Å². The van der Waals surface area contributed by atoms with Gasteiger partial charge in [0.2, 0.25) is 5.91 Å². The topological polar surface area (TPSA) is 79.3 Å². The van der Waals surface area contributed by atoms with E-state index in [0.717, 1.165) is 34.5 Å². The number of amides is 3. The van der Waals surface area contributed by atoms with Gasteiger partial charge in [-0.3, -0.25) is 4.79 Å². The minimum absolute atomic E-state index is 0.0132. The lowest BCUT2D eigenvalue weighted by Crippen LogP contribution is -2.41. The molecule has 0 saturated heterocycles. The Morgan fingerprint density at radius 2 is 1.62 bits per heavy atom. The molecule has 7 nitrogen and oxygen atoms in total. The van der Waals surface area contributed by atoms with Gasteiger partial charge in [0.05, 0.1) is 16.9 Å². The molecule has 1 aromatic heterocycles. The second-order valence-corrected chi connectivity index (χ2v) is 9.40. The zero-order chi connectivity index (χ0) is 28.9. The molecule has 4 aromatic rings. The number of alkyl halides is 3. The fourth-order valence-corrected chi connectivity index (χ4v) is 4.31. The van der Waals surface area contributed by atoms with Gasteiger partial charge in [-0.05, 0) is 56.2 Å². The van der Waals surface area contributed by atoms with Gasteiger partial charge in [0.1, 0.15) is 12.4 Å². The first-order valence-corrected chi connectivity index (χ1v) is 12.8.